The van der Waals surface area contributed by atoms with Crippen molar-refractivity contribution in [1.29, 1.82) is 0 Å². The van der Waals surface area contributed by atoms with Crippen LogP contribution in [-0.2, 0) is 35.1 Å². The number of phosphoric ester groups is 1. The second-order valence-electron chi connectivity index (χ2n) is 7.69. The van der Waals surface area contributed by atoms with Gasteiger partial charge in [0.25, 0.3) is 13.6 Å². The molecule has 3 heterocycles. The van der Waals surface area contributed by atoms with E-state index in [1.807, 2.05) is 24.3 Å². The van der Waals surface area contributed by atoms with Crippen molar-refractivity contribution in [2.24, 2.45) is 0 Å². The number of aryl methyl sites for hydroxylation is 2. The highest BCUT2D eigenvalue weighted by Gasteiger charge is 2.18. The fourth-order valence-corrected chi connectivity index (χ4v) is 3.71. The van der Waals surface area contributed by atoms with Crippen molar-refractivity contribution in [1.82, 2.24) is 15.1 Å². The number of nitrogen functional groups attached to an aromatic ring is 1. The summed E-state index contributed by atoms with van der Waals surface area (Å²) in [5, 5.41) is 4.07. The van der Waals surface area contributed by atoms with Gasteiger partial charge in [-0.2, -0.15) is 4.98 Å². The van der Waals surface area contributed by atoms with E-state index >= 15 is 0 Å². The first-order valence-electron chi connectivity index (χ1n) is 10.4. The van der Waals surface area contributed by atoms with Gasteiger partial charge < -0.3 is 19.3 Å². The minimum absolute atomic E-state index is 0.167. The summed E-state index contributed by atoms with van der Waals surface area (Å²) >= 11 is 0. The van der Waals surface area contributed by atoms with Crippen LogP contribution in [0.15, 0.2) is 64.2 Å². The lowest BCUT2D eigenvalue weighted by Gasteiger charge is -2.14. The molecule has 11 nitrogen and oxygen atoms in total. The van der Waals surface area contributed by atoms with Crippen LogP contribution < -0.4 is 20.9 Å². The zero-order valence-corrected chi connectivity index (χ0v) is 19.2. The van der Waals surface area contributed by atoms with Gasteiger partial charge in [-0.3, -0.25) is 14.8 Å². The van der Waals surface area contributed by atoms with Gasteiger partial charge in [-0.25, -0.2) is 13.8 Å². The van der Waals surface area contributed by atoms with E-state index in [9.17, 15) is 18.6 Å². The molecule has 3 aromatic heterocycles. The van der Waals surface area contributed by atoms with Crippen molar-refractivity contribution >= 4 is 13.6 Å². The van der Waals surface area contributed by atoms with Crippen molar-refractivity contribution in [3.8, 4) is 11.3 Å². The second kappa shape index (κ2) is 10.3. The Hall–Kier alpha value is -3.70. The third-order valence-corrected chi connectivity index (χ3v) is 5.65. The smallest absolute Gasteiger partial charge is 0.345 e. The molecule has 0 radical (unpaired) electrons. The van der Waals surface area contributed by atoms with E-state index in [0.717, 1.165) is 17.3 Å². The Morgan fingerprint density at radius 3 is 2.71 bits per heavy atom. The van der Waals surface area contributed by atoms with Gasteiger partial charge in [0, 0.05) is 12.5 Å². The van der Waals surface area contributed by atoms with Crippen LogP contribution in [0, 0.1) is 5.82 Å². The lowest BCUT2D eigenvalue weighted by molar-refractivity contribution is -0.712. The number of hydrogen-bond acceptors (Lipinski definition) is 8. The van der Waals surface area contributed by atoms with E-state index in [1.54, 1.807) is 18.2 Å². The maximum atomic E-state index is 13.7. The molecular formula is C22H21FN5O6P. The van der Waals surface area contributed by atoms with Crippen molar-refractivity contribution in [2.75, 3.05) is 5.73 Å². The predicted octanol–water partition coefficient (Wildman–Crippen LogP) is 1.24. The molecule has 0 spiro atoms. The number of hydrogen-bond donors (Lipinski definition) is 3. The third-order valence-electron chi connectivity index (χ3n) is 5.21. The molecule has 1 atom stereocenters. The Morgan fingerprint density at radius 2 is 1.97 bits per heavy atom. The molecule has 35 heavy (non-hydrogen) atoms. The van der Waals surface area contributed by atoms with Gasteiger partial charge in [-0.1, -0.05) is 29.4 Å². The van der Waals surface area contributed by atoms with E-state index < -0.39 is 26.1 Å². The molecule has 0 saturated carbocycles. The number of nitrogens with two attached hydrogens (primary N) is 1. The van der Waals surface area contributed by atoms with Crippen LogP contribution in [0.2, 0.25) is 0 Å². The van der Waals surface area contributed by atoms with E-state index in [0.29, 0.717) is 36.3 Å². The Balaban J connectivity index is 1.41. The van der Waals surface area contributed by atoms with Crippen LogP contribution in [-0.4, -0.2) is 20.0 Å². The average molecular weight is 501 g/mol. The Labute approximate surface area is 198 Å². The largest absolute Gasteiger partial charge is 0.756 e. The number of aromatic amines is 1. The molecule has 4 rings (SSSR count). The van der Waals surface area contributed by atoms with Gasteiger partial charge in [0.15, 0.2) is 18.3 Å². The molecule has 0 amide bonds. The molecule has 0 aliphatic rings. The van der Waals surface area contributed by atoms with Gasteiger partial charge in [0.1, 0.15) is 5.56 Å². The number of pyridine rings is 1. The minimum Gasteiger partial charge on any atom is -0.756 e. The van der Waals surface area contributed by atoms with Crippen LogP contribution in [0.5, 0.6) is 0 Å². The van der Waals surface area contributed by atoms with Crippen molar-refractivity contribution in [3.05, 3.63) is 93.7 Å². The molecule has 0 bridgehead atoms. The van der Waals surface area contributed by atoms with Gasteiger partial charge in [0.2, 0.25) is 0 Å². The number of phosphoric acid groups is 1. The summed E-state index contributed by atoms with van der Waals surface area (Å²) in [6.07, 6.45) is 3.77. The fourth-order valence-electron chi connectivity index (χ4n) is 3.44. The number of halogens is 1. The van der Waals surface area contributed by atoms with Crippen LogP contribution >= 0.6 is 7.82 Å². The quantitative estimate of drug-likeness (QED) is 0.225. The highest BCUT2D eigenvalue weighted by Crippen LogP contribution is 2.30. The number of H-pyrrole nitrogens is 1. The number of aromatic nitrogens is 4. The van der Waals surface area contributed by atoms with Crippen molar-refractivity contribution < 1.29 is 32.4 Å². The van der Waals surface area contributed by atoms with Crippen LogP contribution in [0.3, 0.4) is 0 Å². The normalized spacial score (nSPS) is 13.0. The van der Waals surface area contributed by atoms with Gasteiger partial charge in [-0.05, 0) is 36.1 Å². The summed E-state index contributed by atoms with van der Waals surface area (Å²) in [6, 6.07) is 12.7. The highest BCUT2D eigenvalue weighted by molar-refractivity contribution is 7.44. The van der Waals surface area contributed by atoms with E-state index in [-0.39, 0.29) is 11.5 Å². The zero-order chi connectivity index (χ0) is 25.0. The van der Waals surface area contributed by atoms with Crippen molar-refractivity contribution in [2.45, 2.75) is 26.0 Å². The SMILES string of the molecule is Nc1c(-c2cc(Cc3ccc(CCc4[nH]c(=O)ncc4F)cc3)no2)ccc[n+]1COP(=O)([O-])O. The van der Waals surface area contributed by atoms with Gasteiger partial charge >= 0.3 is 5.69 Å². The maximum absolute atomic E-state index is 13.7. The van der Waals surface area contributed by atoms with Gasteiger partial charge in [-0.15, -0.1) is 0 Å². The van der Waals surface area contributed by atoms with Crippen LogP contribution in [0.25, 0.3) is 11.3 Å². The average Bonchev–Trinajstić information content (AvgIpc) is 3.27. The molecule has 0 aliphatic heterocycles. The first-order valence-corrected chi connectivity index (χ1v) is 11.9. The Bertz CT molecular complexity index is 1430. The number of rotatable bonds is 9. The lowest BCUT2D eigenvalue weighted by atomic mass is 10.0. The second-order valence-corrected chi connectivity index (χ2v) is 8.89. The molecule has 0 aliphatic carbocycles. The minimum atomic E-state index is -4.90. The number of nitrogens with one attached hydrogen (secondary N) is 1. The summed E-state index contributed by atoms with van der Waals surface area (Å²) in [5.74, 6) is 0.00471. The summed E-state index contributed by atoms with van der Waals surface area (Å²) in [5.41, 5.74) is 8.79. The van der Waals surface area contributed by atoms with Crippen molar-refractivity contribution in [3.63, 3.8) is 0 Å². The van der Waals surface area contributed by atoms with E-state index in [1.165, 1.54) is 10.8 Å². The summed E-state index contributed by atoms with van der Waals surface area (Å²) < 4.78 is 35.7. The zero-order valence-electron chi connectivity index (χ0n) is 18.3. The number of anilines is 1. The molecule has 182 valence electrons. The highest BCUT2D eigenvalue weighted by atomic mass is 31.2. The topological polar surface area (TPSA) is 171 Å². The first-order chi connectivity index (χ1) is 16.7. The predicted molar refractivity (Wildman–Crippen MR) is 119 cm³/mol. The van der Waals surface area contributed by atoms with Crippen LogP contribution in [0.4, 0.5) is 10.2 Å². The molecule has 4 N–H and O–H groups in total. The van der Waals surface area contributed by atoms with E-state index in [2.05, 4.69) is 19.6 Å². The summed E-state index contributed by atoms with van der Waals surface area (Å²) in [4.78, 5) is 36.7. The number of nitrogens with zero attached hydrogens (tertiary/aromatic N) is 3. The molecule has 1 unspecified atom stereocenters. The molecular weight excluding hydrogens is 480 g/mol. The maximum Gasteiger partial charge on any atom is 0.345 e. The van der Waals surface area contributed by atoms with Gasteiger partial charge in [0.05, 0.1) is 23.8 Å². The first kappa shape index (κ1) is 24.4. The summed E-state index contributed by atoms with van der Waals surface area (Å²) in [7, 11) is -4.90. The standard InChI is InChI=1S/C22H21FN5O6P/c23-18-12-25-22(29)26-19(18)8-7-14-3-5-15(6-4-14)10-16-11-20(34-27-16)17-2-1-9-28(21(17)24)13-33-35(30,31)32/h1-6,9,11-12,24H,7-8,10,13H2,(H3,25,26,29,30,31,32). The van der Waals surface area contributed by atoms with Crippen LogP contribution in [0.1, 0.15) is 22.5 Å². The molecule has 0 fully saturated rings. The molecule has 13 heteroatoms. The molecule has 4 aromatic rings. The Morgan fingerprint density at radius 1 is 1.23 bits per heavy atom. The number of benzene rings is 1. The molecule has 1 aromatic carbocycles. The third kappa shape index (κ3) is 6.46. The Kier molecular flexibility index (Phi) is 7.17. The molecule has 0 saturated heterocycles. The monoisotopic (exact) mass is 501 g/mol. The van der Waals surface area contributed by atoms with E-state index in [4.69, 9.17) is 15.2 Å². The fraction of sp³-hybridized carbons (Fsp3) is 0.182. The summed E-state index contributed by atoms with van der Waals surface area (Å²) in [6.45, 7) is -0.492. The lowest BCUT2D eigenvalue weighted by Crippen LogP contribution is -2.38.